The van der Waals surface area contributed by atoms with Gasteiger partial charge in [-0.2, -0.15) is 0 Å². The lowest BCUT2D eigenvalue weighted by Gasteiger charge is -2.19. The zero-order chi connectivity index (χ0) is 13.1. The molecule has 5 nitrogen and oxygen atoms in total. The third-order valence-electron chi connectivity index (χ3n) is 3.04. The maximum Gasteiger partial charge on any atom is 0.303 e. The molecule has 1 aliphatic rings. The molecule has 0 radical (unpaired) electrons. The predicted octanol–water partition coefficient (Wildman–Crippen LogP) is 1.48. The number of rotatable bonds is 5. The fourth-order valence-electron chi connectivity index (χ4n) is 2.05. The van der Waals surface area contributed by atoms with Crippen LogP contribution in [0.25, 0.3) is 0 Å². The number of anilines is 2. The van der Waals surface area contributed by atoms with Gasteiger partial charge in [0.25, 0.3) is 0 Å². The van der Waals surface area contributed by atoms with E-state index in [-0.39, 0.29) is 12.3 Å². The van der Waals surface area contributed by atoms with Gasteiger partial charge in [-0.1, -0.05) is 0 Å². The molecule has 0 bridgehead atoms. The first-order valence-corrected chi connectivity index (χ1v) is 5.92. The molecule has 0 spiro atoms. The second-order valence-corrected chi connectivity index (χ2v) is 4.49. The number of fused-ring (bicyclic) bond motifs is 1. The van der Waals surface area contributed by atoms with E-state index >= 15 is 0 Å². The predicted molar refractivity (Wildman–Crippen MR) is 68.9 cm³/mol. The van der Waals surface area contributed by atoms with Crippen LogP contribution in [0.3, 0.4) is 0 Å². The summed E-state index contributed by atoms with van der Waals surface area (Å²) in [4.78, 5) is 23.7. The lowest BCUT2D eigenvalue weighted by molar-refractivity contribution is -0.137. The standard InChI is InChI=1S/C13H16N2O3/c1-15(6-2-3-13(17)18)10-4-5-11-9(7-10)8-12(16)14-11/h4-5,7H,2-3,6,8H2,1H3,(H,14,16)(H,17,18). The highest BCUT2D eigenvalue weighted by Gasteiger charge is 2.18. The summed E-state index contributed by atoms with van der Waals surface area (Å²) in [5.74, 6) is -0.747. The Morgan fingerprint density at radius 3 is 3.00 bits per heavy atom. The highest BCUT2D eigenvalue weighted by Crippen LogP contribution is 2.27. The van der Waals surface area contributed by atoms with Crippen LogP contribution >= 0.6 is 0 Å². The quantitative estimate of drug-likeness (QED) is 0.828. The number of hydrogen-bond acceptors (Lipinski definition) is 3. The van der Waals surface area contributed by atoms with Gasteiger partial charge in [-0.05, 0) is 30.2 Å². The van der Waals surface area contributed by atoms with Crippen molar-refractivity contribution in [2.75, 3.05) is 23.8 Å². The van der Waals surface area contributed by atoms with E-state index in [4.69, 9.17) is 5.11 Å². The van der Waals surface area contributed by atoms with Gasteiger partial charge >= 0.3 is 5.97 Å². The second-order valence-electron chi connectivity index (χ2n) is 4.49. The van der Waals surface area contributed by atoms with Crippen LogP contribution in [-0.2, 0) is 16.0 Å². The molecule has 5 heteroatoms. The maximum absolute atomic E-state index is 11.2. The molecule has 0 atom stereocenters. The minimum Gasteiger partial charge on any atom is -0.481 e. The van der Waals surface area contributed by atoms with Crippen molar-refractivity contribution >= 4 is 23.3 Å². The Hall–Kier alpha value is -2.04. The molecule has 1 aromatic rings. The molecule has 2 N–H and O–H groups in total. The number of hydrogen-bond donors (Lipinski definition) is 2. The van der Waals surface area contributed by atoms with E-state index in [1.165, 1.54) is 0 Å². The Bertz CT molecular complexity index is 485. The van der Waals surface area contributed by atoms with Crippen molar-refractivity contribution in [2.24, 2.45) is 0 Å². The average Bonchev–Trinajstić information content (AvgIpc) is 2.67. The molecule has 0 saturated carbocycles. The van der Waals surface area contributed by atoms with Gasteiger partial charge in [-0.3, -0.25) is 9.59 Å². The van der Waals surface area contributed by atoms with Crippen LogP contribution in [0.1, 0.15) is 18.4 Å². The summed E-state index contributed by atoms with van der Waals surface area (Å²) in [5, 5.41) is 11.4. The number of aliphatic carboxylic acids is 1. The minimum absolute atomic E-state index is 0.0238. The molecule has 0 saturated heterocycles. The molecule has 0 fully saturated rings. The van der Waals surface area contributed by atoms with Crippen LogP contribution in [0.2, 0.25) is 0 Å². The van der Waals surface area contributed by atoms with Crippen LogP contribution in [0.5, 0.6) is 0 Å². The molecule has 0 aliphatic carbocycles. The first-order chi connectivity index (χ1) is 8.56. The molecule has 96 valence electrons. The van der Waals surface area contributed by atoms with Gasteiger partial charge in [-0.15, -0.1) is 0 Å². The lowest BCUT2D eigenvalue weighted by Crippen LogP contribution is -2.19. The Kier molecular flexibility index (Phi) is 3.50. The van der Waals surface area contributed by atoms with Crippen molar-refractivity contribution in [3.8, 4) is 0 Å². The highest BCUT2D eigenvalue weighted by atomic mass is 16.4. The van der Waals surface area contributed by atoms with E-state index in [9.17, 15) is 9.59 Å². The number of carbonyl (C=O) groups is 2. The monoisotopic (exact) mass is 248 g/mol. The molecular weight excluding hydrogens is 232 g/mol. The number of amides is 1. The zero-order valence-electron chi connectivity index (χ0n) is 10.3. The van der Waals surface area contributed by atoms with Crippen LogP contribution in [0, 0.1) is 0 Å². The smallest absolute Gasteiger partial charge is 0.303 e. The van der Waals surface area contributed by atoms with Crippen molar-refractivity contribution < 1.29 is 14.7 Å². The van der Waals surface area contributed by atoms with Crippen LogP contribution in [0.4, 0.5) is 11.4 Å². The molecular formula is C13H16N2O3. The topological polar surface area (TPSA) is 69.6 Å². The van der Waals surface area contributed by atoms with Crippen molar-refractivity contribution in [3.05, 3.63) is 23.8 Å². The summed E-state index contributed by atoms with van der Waals surface area (Å²) in [7, 11) is 1.92. The Morgan fingerprint density at radius 1 is 1.50 bits per heavy atom. The third-order valence-corrected chi connectivity index (χ3v) is 3.04. The number of carboxylic acid groups (broad SMARTS) is 1. The minimum atomic E-state index is -0.771. The van der Waals surface area contributed by atoms with Crippen molar-refractivity contribution in [1.82, 2.24) is 0 Å². The molecule has 18 heavy (non-hydrogen) atoms. The first-order valence-electron chi connectivity index (χ1n) is 5.92. The van der Waals surface area contributed by atoms with Crippen molar-refractivity contribution in [3.63, 3.8) is 0 Å². The zero-order valence-corrected chi connectivity index (χ0v) is 10.3. The van der Waals surface area contributed by atoms with Gasteiger partial charge in [0.15, 0.2) is 0 Å². The normalized spacial score (nSPS) is 13.1. The van der Waals surface area contributed by atoms with E-state index in [2.05, 4.69) is 5.32 Å². The van der Waals surface area contributed by atoms with Gasteiger partial charge in [0, 0.05) is 31.4 Å². The number of carbonyl (C=O) groups excluding carboxylic acids is 1. The second kappa shape index (κ2) is 5.08. The van der Waals surface area contributed by atoms with Crippen LogP contribution < -0.4 is 10.2 Å². The number of nitrogens with one attached hydrogen (secondary N) is 1. The van der Waals surface area contributed by atoms with E-state index < -0.39 is 5.97 Å². The summed E-state index contributed by atoms with van der Waals surface area (Å²) >= 11 is 0. The Labute approximate surface area is 105 Å². The van der Waals surface area contributed by atoms with Crippen LogP contribution in [-0.4, -0.2) is 30.6 Å². The van der Waals surface area contributed by atoms with E-state index in [0.29, 0.717) is 19.4 Å². The molecule has 1 heterocycles. The Morgan fingerprint density at radius 2 is 2.28 bits per heavy atom. The molecule has 1 aliphatic heterocycles. The lowest BCUT2D eigenvalue weighted by atomic mass is 10.1. The molecule has 0 unspecified atom stereocenters. The van der Waals surface area contributed by atoms with Crippen molar-refractivity contribution in [1.29, 1.82) is 0 Å². The molecule has 2 rings (SSSR count). The fourth-order valence-corrected chi connectivity index (χ4v) is 2.05. The van der Waals surface area contributed by atoms with Crippen LogP contribution in [0.15, 0.2) is 18.2 Å². The largest absolute Gasteiger partial charge is 0.481 e. The van der Waals surface area contributed by atoms with Crippen molar-refractivity contribution in [2.45, 2.75) is 19.3 Å². The summed E-state index contributed by atoms with van der Waals surface area (Å²) in [6.07, 6.45) is 1.21. The van der Waals surface area contributed by atoms with Gasteiger partial charge in [0.05, 0.1) is 6.42 Å². The van der Waals surface area contributed by atoms with Gasteiger partial charge in [0.1, 0.15) is 0 Å². The summed E-state index contributed by atoms with van der Waals surface area (Å²) < 4.78 is 0. The van der Waals surface area contributed by atoms with E-state index in [1.807, 2.05) is 30.1 Å². The molecule has 1 amide bonds. The highest BCUT2D eigenvalue weighted by molar-refractivity contribution is 5.99. The molecule has 1 aromatic carbocycles. The third kappa shape index (κ3) is 2.80. The Balaban J connectivity index is 1.99. The summed E-state index contributed by atoms with van der Waals surface area (Å²) in [6, 6.07) is 5.81. The SMILES string of the molecule is CN(CCCC(=O)O)c1ccc2c(c1)CC(=O)N2. The summed E-state index contributed by atoms with van der Waals surface area (Å²) in [5.41, 5.74) is 2.89. The average molecular weight is 248 g/mol. The number of benzene rings is 1. The number of nitrogens with zero attached hydrogens (tertiary/aromatic N) is 1. The first kappa shape index (κ1) is 12.4. The number of carboxylic acids is 1. The maximum atomic E-state index is 11.2. The molecule has 0 aromatic heterocycles. The van der Waals surface area contributed by atoms with E-state index in [1.54, 1.807) is 0 Å². The van der Waals surface area contributed by atoms with Gasteiger partial charge < -0.3 is 15.3 Å². The summed E-state index contributed by atoms with van der Waals surface area (Å²) in [6.45, 7) is 0.687. The van der Waals surface area contributed by atoms with E-state index in [0.717, 1.165) is 16.9 Å². The van der Waals surface area contributed by atoms with Gasteiger partial charge in [0.2, 0.25) is 5.91 Å². The van der Waals surface area contributed by atoms with Gasteiger partial charge in [-0.25, -0.2) is 0 Å². The fraction of sp³-hybridized carbons (Fsp3) is 0.385.